The van der Waals surface area contributed by atoms with E-state index in [2.05, 4.69) is 0 Å². The summed E-state index contributed by atoms with van der Waals surface area (Å²) in [4.78, 5) is -0.303. The second kappa shape index (κ2) is 4.95. The van der Waals surface area contributed by atoms with Crippen LogP contribution in [0.1, 0.15) is 18.4 Å². The topological polar surface area (TPSA) is 57.6 Å². The van der Waals surface area contributed by atoms with Gasteiger partial charge in [0.1, 0.15) is 10.7 Å². The molecule has 0 aromatic heterocycles. The minimum atomic E-state index is -3.85. The smallest absolute Gasteiger partial charge is 0.246 e. The van der Waals surface area contributed by atoms with Gasteiger partial charge in [-0.05, 0) is 37.5 Å². The van der Waals surface area contributed by atoms with E-state index in [4.69, 9.17) is 5.11 Å². The molecule has 100 valence electrons. The van der Waals surface area contributed by atoms with Crippen LogP contribution in [0.25, 0.3) is 0 Å². The second-order valence-corrected chi connectivity index (χ2v) is 6.36. The fourth-order valence-corrected chi connectivity index (χ4v) is 3.72. The summed E-state index contributed by atoms with van der Waals surface area (Å²) in [5, 5.41) is 8.95. The van der Waals surface area contributed by atoms with Gasteiger partial charge in [0.25, 0.3) is 0 Å². The van der Waals surface area contributed by atoms with Crippen molar-refractivity contribution in [2.45, 2.75) is 30.7 Å². The Hall–Kier alpha value is -0.980. The van der Waals surface area contributed by atoms with E-state index in [1.54, 1.807) is 6.92 Å². The van der Waals surface area contributed by atoms with Crippen LogP contribution in [0, 0.1) is 12.7 Å². The highest BCUT2D eigenvalue weighted by atomic mass is 32.2. The molecule has 1 aliphatic rings. The molecule has 0 aliphatic heterocycles. The van der Waals surface area contributed by atoms with Crippen molar-refractivity contribution in [2.24, 2.45) is 0 Å². The van der Waals surface area contributed by atoms with E-state index >= 15 is 0 Å². The number of aliphatic hydroxyl groups excluding tert-OH is 1. The lowest BCUT2D eigenvalue weighted by Gasteiger charge is -2.21. The van der Waals surface area contributed by atoms with Crippen molar-refractivity contribution in [2.75, 3.05) is 13.2 Å². The van der Waals surface area contributed by atoms with Gasteiger partial charge in [-0.2, -0.15) is 4.31 Å². The number of benzene rings is 1. The number of halogens is 1. The van der Waals surface area contributed by atoms with Crippen molar-refractivity contribution in [1.82, 2.24) is 4.31 Å². The summed E-state index contributed by atoms with van der Waals surface area (Å²) in [5.41, 5.74) is 0.690. The number of aryl methyl sites for hydroxylation is 1. The van der Waals surface area contributed by atoms with Crippen LogP contribution in [-0.2, 0) is 10.0 Å². The van der Waals surface area contributed by atoms with Crippen molar-refractivity contribution in [1.29, 1.82) is 0 Å². The fourth-order valence-electron chi connectivity index (χ4n) is 1.89. The highest BCUT2D eigenvalue weighted by molar-refractivity contribution is 7.89. The van der Waals surface area contributed by atoms with Gasteiger partial charge in [0, 0.05) is 12.6 Å². The van der Waals surface area contributed by atoms with Crippen molar-refractivity contribution in [3.05, 3.63) is 29.6 Å². The Bertz CT molecular complexity index is 540. The number of sulfonamides is 1. The van der Waals surface area contributed by atoms with E-state index in [0.29, 0.717) is 5.56 Å². The van der Waals surface area contributed by atoms with Gasteiger partial charge in [-0.1, -0.05) is 6.07 Å². The van der Waals surface area contributed by atoms with E-state index in [-0.39, 0.29) is 24.1 Å². The van der Waals surface area contributed by atoms with Crippen molar-refractivity contribution in [3.63, 3.8) is 0 Å². The molecular weight excluding hydrogens is 257 g/mol. The second-order valence-electron chi connectivity index (χ2n) is 4.50. The first-order valence-electron chi connectivity index (χ1n) is 5.85. The zero-order valence-corrected chi connectivity index (χ0v) is 11.0. The van der Waals surface area contributed by atoms with Gasteiger partial charge in [0.15, 0.2) is 0 Å². The average molecular weight is 273 g/mol. The molecule has 0 saturated heterocycles. The summed E-state index contributed by atoms with van der Waals surface area (Å²) in [6, 6.07) is 3.92. The molecule has 0 amide bonds. The molecule has 1 N–H and O–H groups in total. The van der Waals surface area contributed by atoms with Crippen LogP contribution >= 0.6 is 0 Å². The Labute approximate surface area is 106 Å². The lowest BCUT2D eigenvalue weighted by atomic mass is 10.2. The molecule has 2 rings (SSSR count). The molecule has 1 aliphatic carbocycles. The molecule has 1 aromatic carbocycles. The fraction of sp³-hybridized carbons (Fsp3) is 0.500. The van der Waals surface area contributed by atoms with Crippen LogP contribution in [0.3, 0.4) is 0 Å². The van der Waals surface area contributed by atoms with Crippen molar-refractivity contribution >= 4 is 10.0 Å². The molecule has 1 fully saturated rings. The van der Waals surface area contributed by atoms with Crippen LogP contribution in [0.4, 0.5) is 4.39 Å². The molecule has 1 aromatic rings. The van der Waals surface area contributed by atoms with Gasteiger partial charge < -0.3 is 5.11 Å². The van der Waals surface area contributed by atoms with E-state index in [1.165, 1.54) is 16.4 Å². The number of hydrogen-bond acceptors (Lipinski definition) is 3. The van der Waals surface area contributed by atoms with Crippen LogP contribution in [0.2, 0.25) is 0 Å². The van der Waals surface area contributed by atoms with Gasteiger partial charge >= 0.3 is 0 Å². The van der Waals surface area contributed by atoms with Gasteiger partial charge in [-0.15, -0.1) is 0 Å². The number of nitrogens with zero attached hydrogens (tertiary/aromatic N) is 1. The number of hydrogen-bond donors (Lipinski definition) is 1. The maximum atomic E-state index is 13.7. The first kappa shape index (κ1) is 13.5. The van der Waals surface area contributed by atoms with E-state index in [9.17, 15) is 12.8 Å². The summed E-state index contributed by atoms with van der Waals surface area (Å²) < 4.78 is 39.6. The van der Waals surface area contributed by atoms with Crippen molar-refractivity contribution < 1.29 is 17.9 Å². The molecule has 0 heterocycles. The molecule has 4 nitrogen and oxygen atoms in total. The Morgan fingerprint density at radius 1 is 1.44 bits per heavy atom. The zero-order valence-electron chi connectivity index (χ0n) is 10.1. The number of aliphatic hydroxyl groups is 1. The van der Waals surface area contributed by atoms with Crippen LogP contribution < -0.4 is 0 Å². The number of rotatable bonds is 5. The van der Waals surface area contributed by atoms with Crippen LogP contribution in [-0.4, -0.2) is 37.0 Å². The summed E-state index contributed by atoms with van der Waals surface area (Å²) in [7, 11) is -3.85. The summed E-state index contributed by atoms with van der Waals surface area (Å²) in [6.45, 7) is 1.47. The van der Waals surface area contributed by atoms with Gasteiger partial charge in [0.05, 0.1) is 6.61 Å². The Balaban J connectivity index is 2.42. The molecular formula is C12H16FNO3S. The lowest BCUT2D eigenvalue weighted by molar-refractivity contribution is 0.250. The summed E-state index contributed by atoms with van der Waals surface area (Å²) in [6.07, 6.45) is 1.54. The maximum absolute atomic E-state index is 13.7. The monoisotopic (exact) mass is 273 g/mol. The summed E-state index contributed by atoms with van der Waals surface area (Å²) >= 11 is 0. The molecule has 0 unspecified atom stereocenters. The van der Waals surface area contributed by atoms with Crippen LogP contribution in [0.5, 0.6) is 0 Å². The maximum Gasteiger partial charge on any atom is 0.246 e. The standard InChI is InChI=1S/C12H16FNO3S/c1-9-2-5-11(13)12(8-9)18(16,17)14(6-7-15)10-3-4-10/h2,5,8,10,15H,3-4,6-7H2,1H3. The largest absolute Gasteiger partial charge is 0.395 e. The third kappa shape index (κ3) is 2.55. The Morgan fingerprint density at radius 2 is 2.11 bits per heavy atom. The SMILES string of the molecule is Cc1ccc(F)c(S(=O)(=O)N(CCO)C2CC2)c1. The summed E-state index contributed by atoms with van der Waals surface area (Å²) in [5.74, 6) is -0.746. The Kier molecular flexibility index (Phi) is 3.70. The minimum Gasteiger partial charge on any atom is -0.395 e. The predicted octanol–water partition coefficient (Wildman–Crippen LogP) is 1.28. The first-order chi connectivity index (χ1) is 8.46. The van der Waals surface area contributed by atoms with Gasteiger partial charge in [-0.25, -0.2) is 12.8 Å². The Morgan fingerprint density at radius 3 is 2.67 bits per heavy atom. The molecule has 18 heavy (non-hydrogen) atoms. The van der Waals surface area contributed by atoms with Gasteiger partial charge in [-0.3, -0.25) is 0 Å². The van der Waals surface area contributed by atoms with E-state index in [0.717, 1.165) is 18.9 Å². The molecule has 1 saturated carbocycles. The molecule has 0 bridgehead atoms. The highest BCUT2D eigenvalue weighted by Gasteiger charge is 2.38. The first-order valence-corrected chi connectivity index (χ1v) is 7.29. The lowest BCUT2D eigenvalue weighted by Crippen LogP contribution is -2.36. The highest BCUT2D eigenvalue weighted by Crippen LogP contribution is 2.32. The molecule has 0 radical (unpaired) electrons. The zero-order chi connectivity index (χ0) is 13.3. The minimum absolute atomic E-state index is 0.0143. The van der Waals surface area contributed by atoms with Gasteiger partial charge in [0.2, 0.25) is 10.0 Å². The molecule has 0 atom stereocenters. The third-order valence-corrected chi connectivity index (χ3v) is 4.91. The normalized spacial score (nSPS) is 16.2. The van der Waals surface area contributed by atoms with E-state index < -0.39 is 15.8 Å². The third-order valence-electron chi connectivity index (χ3n) is 2.95. The quantitative estimate of drug-likeness (QED) is 0.879. The van der Waals surface area contributed by atoms with Crippen molar-refractivity contribution in [3.8, 4) is 0 Å². The van der Waals surface area contributed by atoms with E-state index in [1.807, 2.05) is 0 Å². The predicted molar refractivity (Wildman–Crippen MR) is 65.1 cm³/mol. The average Bonchev–Trinajstić information content (AvgIpc) is 3.13. The molecule has 6 heteroatoms. The van der Waals surface area contributed by atoms with Crippen LogP contribution in [0.15, 0.2) is 23.1 Å². The molecule has 0 spiro atoms.